The molecule has 2 heterocycles. The zero-order chi connectivity index (χ0) is 21.3. The summed E-state index contributed by atoms with van der Waals surface area (Å²) in [7, 11) is 0. The second kappa shape index (κ2) is 7.94. The summed E-state index contributed by atoms with van der Waals surface area (Å²) in [6, 6.07) is 4.79. The number of aromatic nitrogens is 3. The van der Waals surface area contributed by atoms with Crippen LogP contribution in [-0.4, -0.2) is 43.9 Å². The molecule has 0 aliphatic heterocycles. The molecule has 3 aromatic rings. The molecular weight excluding hydrogens is 401 g/mol. The van der Waals surface area contributed by atoms with Crippen LogP contribution in [0.15, 0.2) is 36.7 Å². The number of aromatic hydroxyl groups is 1. The highest BCUT2D eigenvalue weighted by atomic mass is 19.4. The lowest BCUT2D eigenvalue weighted by Crippen LogP contribution is -2.36. The van der Waals surface area contributed by atoms with Gasteiger partial charge in [-0.05, 0) is 31.0 Å². The van der Waals surface area contributed by atoms with Crippen LogP contribution < -0.4 is 10.1 Å². The van der Waals surface area contributed by atoms with E-state index in [9.17, 15) is 23.4 Å². The van der Waals surface area contributed by atoms with E-state index in [1.165, 1.54) is 6.07 Å². The van der Waals surface area contributed by atoms with E-state index in [1.54, 1.807) is 18.5 Å². The first-order valence-corrected chi connectivity index (χ1v) is 9.46. The number of nitrogens with zero attached hydrogens (tertiary/aromatic N) is 3. The van der Waals surface area contributed by atoms with Gasteiger partial charge in [0.25, 0.3) is 0 Å². The van der Waals surface area contributed by atoms with Gasteiger partial charge in [-0.25, -0.2) is 0 Å². The normalized spacial score (nSPS) is 19.6. The average Bonchev–Trinajstić information content (AvgIpc) is 2.69. The quantitative estimate of drug-likeness (QED) is 0.586. The van der Waals surface area contributed by atoms with Gasteiger partial charge in [0.2, 0.25) is 0 Å². The number of ether oxygens (including phenoxy) is 1. The van der Waals surface area contributed by atoms with Crippen LogP contribution >= 0.6 is 0 Å². The molecule has 1 aliphatic rings. The third-order valence-corrected chi connectivity index (χ3v) is 5.09. The minimum Gasteiger partial charge on any atom is -0.507 e. The number of nitrogens with one attached hydrogen (secondary N) is 1. The van der Waals surface area contributed by atoms with Gasteiger partial charge >= 0.3 is 6.36 Å². The molecule has 30 heavy (non-hydrogen) atoms. The number of fused-ring (bicyclic) bond motifs is 1. The van der Waals surface area contributed by atoms with Crippen LogP contribution in [0.4, 0.5) is 19.0 Å². The summed E-state index contributed by atoms with van der Waals surface area (Å²) in [4.78, 5) is 4.12. The zero-order valence-electron chi connectivity index (χ0n) is 15.7. The number of anilines is 1. The molecule has 2 aromatic heterocycles. The van der Waals surface area contributed by atoms with Crippen LogP contribution in [0.25, 0.3) is 22.0 Å². The van der Waals surface area contributed by atoms with Crippen molar-refractivity contribution in [3.8, 4) is 22.8 Å². The van der Waals surface area contributed by atoms with Crippen LogP contribution in [0.1, 0.15) is 25.7 Å². The molecule has 1 fully saturated rings. The van der Waals surface area contributed by atoms with Crippen molar-refractivity contribution in [1.82, 2.24) is 15.2 Å². The van der Waals surface area contributed by atoms with Crippen molar-refractivity contribution in [2.45, 2.75) is 44.2 Å². The van der Waals surface area contributed by atoms with Crippen molar-refractivity contribution in [1.29, 1.82) is 0 Å². The molecule has 0 saturated heterocycles. The van der Waals surface area contributed by atoms with E-state index in [4.69, 9.17) is 0 Å². The maximum absolute atomic E-state index is 12.4. The topological polar surface area (TPSA) is 100 Å². The Kier molecular flexibility index (Phi) is 5.33. The van der Waals surface area contributed by atoms with Crippen LogP contribution in [0, 0.1) is 0 Å². The van der Waals surface area contributed by atoms with E-state index in [-0.39, 0.29) is 11.6 Å². The number of rotatable bonds is 4. The number of halogens is 3. The van der Waals surface area contributed by atoms with Gasteiger partial charge in [0, 0.05) is 34.8 Å². The van der Waals surface area contributed by atoms with Crippen LogP contribution in [0.2, 0.25) is 0 Å². The molecule has 4 rings (SSSR count). The van der Waals surface area contributed by atoms with Crippen molar-refractivity contribution < 1.29 is 28.1 Å². The molecule has 10 heteroatoms. The van der Waals surface area contributed by atoms with E-state index < -0.39 is 24.0 Å². The van der Waals surface area contributed by atoms with E-state index in [2.05, 4.69) is 25.2 Å². The molecule has 0 spiro atoms. The number of hydrogen-bond acceptors (Lipinski definition) is 7. The summed E-state index contributed by atoms with van der Waals surface area (Å²) in [5, 5.41) is 33.4. The molecule has 0 unspecified atom stereocenters. The van der Waals surface area contributed by atoms with E-state index >= 15 is 0 Å². The number of phenols is 1. The second-order valence-electron chi connectivity index (χ2n) is 7.15. The van der Waals surface area contributed by atoms with Gasteiger partial charge in [-0.1, -0.05) is 12.8 Å². The summed E-state index contributed by atoms with van der Waals surface area (Å²) < 4.78 is 41.1. The maximum Gasteiger partial charge on any atom is 0.573 e. The SMILES string of the molecule is Oc1cc(OC(F)(F)F)ccc1-c1nnc(N[C@H]2CCCC[C@H]2O)c2cnccc12. The molecule has 3 N–H and O–H groups in total. The number of pyridine rings is 1. The molecule has 0 amide bonds. The van der Waals surface area contributed by atoms with Gasteiger partial charge in [0.1, 0.15) is 17.2 Å². The highest BCUT2D eigenvalue weighted by Gasteiger charge is 2.31. The highest BCUT2D eigenvalue weighted by molar-refractivity contribution is 6.00. The van der Waals surface area contributed by atoms with Crippen molar-refractivity contribution in [2.24, 2.45) is 0 Å². The summed E-state index contributed by atoms with van der Waals surface area (Å²) in [6.07, 6.45) is 1.26. The van der Waals surface area contributed by atoms with Crippen LogP contribution in [0.3, 0.4) is 0 Å². The summed E-state index contributed by atoms with van der Waals surface area (Å²) in [5.41, 5.74) is 0.496. The van der Waals surface area contributed by atoms with Crippen molar-refractivity contribution in [3.05, 3.63) is 36.7 Å². The first kappa shape index (κ1) is 20.1. The number of alkyl halides is 3. The van der Waals surface area contributed by atoms with Gasteiger partial charge in [-0.15, -0.1) is 23.4 Å². The predicted octanol–water partition coefficient (Wildman–Crippen LogP) is 4.01. The Morgan fingerprint density at radius 2 is 1.87 bits per heavy atom. The van der Waals surface area contributed by atoms with Gasteiger partial charge in [0.05, 0.1) is 12.1 Å². The molecule has 7 nitrogen and oxygen atoms in total. The van der Waals surface area contributed by atoms with Gasteiger partial charge in [-0.3, -0.25) is 4.98 Å². The number of benzene rings is 1. The fourth-order valence-corrected chi connectivity index (χ4v) is 3.67. The lowest BCUT2D eigenvalue weighted by atomic mass is 9.92. The summed E-state index contributed by atoms with van der Waals surface area (Å²) in [5.74, 6) is -0.510. The molecule has 0 radical (unpaired) electrons. The fourth-order valence-electron chi connectivity index (χ4n) is 3.67. The Bertz CT molecular complexity index is 1060. The molecule has 1 saturated carbocycles. The minimum atomic E-state index is -4.86. The Morgan fingerprint density at radius 1 is 1.07 bits per heavy atom. The Balaban J connectivity index is 1.71. The Hall–Kier alpha value is -3.14. The smallest absolute Gasteiger partial charge is 0.507 e. The van der Waals surface area contributed by atoms with Crippen molar-refractivity contribution in [3.63, 3.8) is 0 Å². The molecule has 2 atom stereocenters. The third kappa shape index (κ3) is 4.23. The lowest BCUT2D eigenvalue weighted by Gasteiger charge is -2.29. The minimum absolute atomic E-state index is 0.158. The van der Waals surface area contributed by atoms with Gasteiger partial charge < -0.3 is 20.3 Å². The predicted molar refractivity (Wildman–Crippen MR) is 103 cm³/mol. The van der Waals surface area contributed by atoms with E-state index in [0.717, 1.165) is 31.4 Å². The lowest BCUT2D eigenvalue weighted by molar-refractivity contribution is -0.274. The highest BCUT2D eigenvalue weighted by Crippen LogP contribution is 2.37. The number of aliphatic hydroxyl groups excluding tert-OH is 1. The fraction of sp³-hybridized carbons (Fsp3) is 0.350. The Labute approximate surface area is 169 Å². The van der Waals surface area contributed by atoms with Gasteiger partial charge in [-0.2, -0.15) is 0 Å². The largest absolute Gasteiger partial charge is 0.573 e. The summed E-state index contributed by atoms with van der Waals surface area (Å²) >= 11 is 0. The first-order valence-electron chi connectivity index (χ1n) is 9.46. The molecule has 0 bridgehead atoms. The third-order valence-electron chi connectivity index (χ3n) is 5.09. The number of phenolic OH excluding ortho intramolecular Hbond substituents is 1. The number of hydrogen-bond donors (Lipinski definition) is 3. The van der Waals surface area contributed by atoms with Crippen molar-refractivity contribution in [2.75, 3.05) is 5.32 Å². The molecule has 1 aromatic carbocycles. The van der Waals surface area contributed by atoms with Crippen LogP contribution in [-0.2, 0) is 0 Å². The van der Waals surface area contributed by atoms with E-state index in [0.29, 0.717) is 28.7 Å². The molecule has 1 aliphatic carbocycles. The van der Waals surface area contributed by atoms with E-state index in [1.807, 2.05) is 0 Å². The molecular formula is C20H19F3N4O3. The number of aliphatic hydroxyl groups is 1. The average molecular weight is 420 g/mol. The van der Waals surface area contributed by atoms with Gasteiger partial charge in [0.15, 0.2) is 5.82 Å². The zero-order valence-corrected chi connectivity index (χ0v) is 15.7. The summed E-state index contributed by atoms with van der Waals surface area (Å²) in [6.45, 7) is 0. The maximum atomic E-state index is 12.4. The second-order valence-corrected chi connectivity index (χ2v) is 7.15. The van der Waals surface area contributed by atoms with Crippen molar-refractivity contribution >= 4 is 16.6 Å². The van der Waals surface area contributed by atoms with Crippen LogP contribution in [0.5, 0.6) is 11.5 Å². The first-order chi connectivity index (χ1) is 14.3. The standard InChI is InChI=1S/C20H19F3N4O3/c21-20(22,23)30-11-5-6-13(17(29)9-11)18-12-7-8-24-10-14(12)19(27-26-18)25-15-3-1-2-4-16(15)28/h5-10,15-16,28-29H,1-4H2,(H,25,27)/t15-,16+/m0/s1. The Morgan fingerprint density at radius 3 is 2.60 bits per heavy atom. The monoisotopic (exact) mass is 420 g/mol. The molecule has 158 valence electrons.